The van der Waals surface area contributed by atoms with Gasteiger partial charge in [0.1, 0.15) is 22.1 Å². The van der Waals surface area contributed by atoms with E-state index in [0.717, 1.165) is 7.11 Å². The van der Waals surface area contributed by atoms with Crippen LogP contribution in [0.2, 0.25) is 0 Å². The number of hydrogen-bond acceptors (Lipinski definition) is 7. The summed E-state index contributed by atoms with van der Waals surface area (Å²) in [6.07, 6.45) is 0. The zero-order chi connectivity index (χ0) is 20.3. The maximum absolute atomic E-state index is 13.4. The fourth-order valence-electron chi connectivity index (χ4n) is 4.13. The molecule has 0 saturated heterocycles. The third-order valence-corrected chi connectivity index (χ3v) is 5.28. The first-order chi connectivity index (χ1) is 14.0. The van der Waals surface area contributed by atoms with Gasteiger partial charge in [0, 0.05) is 11.3 Å². The molecule has 3 aromatic rings. The van der Waals surface area contributed by atoms with E-state index in [1.54, 1.807) is 48.5 Å². The number of nitrogens with one attached hydrogen (secondary N) is 1. The Bertz CT molecular complexity index is 1320. The number of hydrogen-bond donors (Lipinski definition) is 2. The van der Waals surface area contributed by atoms with Crippen molar-refractivity contribution in [1.29, 1.82) is 0 Å². The lowest BCUT2D eigenvalue weighted by atomic mass is 9.68. The lowest BCUT2D eigenvalue weighted by Gasteiger charge is -2.34. The highest BCUT2D eigenvalue weighted by Crippen LogP contribution is 2.53. The van der Waals surface area contributed by atoms with Gasteiger partial charge in [-0.25, -0.2) is 9.59 Å². The molecule has 2 aromatic carbocycles. The molecule has 8 nitrogen and oxygen atoms in total. The molecular formula is C21H14N2O6. The van der Waals surface area contributed by atoms with Gasteiger partial charge >= 0.3 is 11.6 Å². The molecule has 144 valence electrons. The van der Waals surface area contributed by atoms with Crippen molar-refractivity contribution in [2.75, 3.05) is 12.4 Å². The van der Waals surface area contributed by atoms with Crippen LogP contribution in [0.5, 0.6) is 5.75 Å². The minimum Gasteiger partial charge on any atom is -0.465 e. The Balaban J connectivity index is 2.01. The van der Waals surface area contributed by atoms with E-state index in [4.69, 9.17) is 19.6 Å². The van der Waals surface area contributed by atoms with E-state index in [-0.39, 0.29) is 28.4 Å². The molecule has 1 atom stereocenters. The molecule has 0 aliphatic carbocycles. The average Bonchev–Trinajstić information content (AvgIpc) is 3.00. The van der Waals surface area contributed by atoms with Crippen molar-refractivity contribution in [3.8, 4) is 5.75 Å². The van der Waals surface area contributed by atoms with Crippen LogP contribution in [-0.4, -0.2) is 19.0 Å². The van der Waals surface area contributed by atoms with Crippen LogP contribution in [-0.2, 0) is 19.7 Å². The largest absolute Gasteiger partial charge is 0.465 e. The molecule has 5 rings (SSSR count). The summed E-state index contributed by atoms with van der Waals surface area (Å²) in [4.78, 5) is 39.2. The van der Waals surface area contributed by atoms with E-state index >= 15 is 0 Å². The first kappa shape index (κ1) is 17.1. The number of amides is 1. The van der Waals surface area contributed by atoms with Crippen LogP contribution in [0.1, 0.15) is 11.1 Å². The lowest BCUT2D eigenvalue weighted by Crippen LogP contribution is -2.48. The molecule has 3 heterocycles. The smallest absolute Gasteiger partial charge is 0.345 e. The molecule has 0 radical (unpaired) electrons. The monoisotopic (exact) mass is 390 g/mol. The first-order valence-corrected chi connectivity index (χ1v) is 8.73. The van der Waals surface area contributed by atoms with Gasteiger partial charge in [-0.05, 0) is 18.2 Å². The topological polar surface area (TPSA) is 121 Å². The highest BCUT2D eigenvalue weighted by molar-refractivity contribution is 6.17. The second-order valence-corrected chi connectivity index (χ2v) is 6.67. The Labute approximate surface area is 163 Å². The number of anilines is 1. The number of benzene rings is 2. The number of nitrogens with two attached hydrogens (primary N) is 1. The van der Waals surface area contributed by atoms with Crippen LogP contribution in [0.15, 0.2) is 69.2 Å². The fraction of sp³-hybridized carbons (Fsp3) is 0.0952. The molecule has 1 amide bonds. The Kier molecular flexibility index (Phi) is 3.36. The van der Waals surface area contributed by atoms with E-state index in [1.807, 2.05) is 0 Å². The lowest BCUT2D eigenvalue weighted by molar-refractivity contribution is -0.138. The Morgan fingerprint density at radius 2 is 1.83 bits per heavy atom. The van der Waals surface area contributed by atoms with Crippen LogP contribution in [0.4, 0.5) is 5.69 Å². The van der Waals surface area contributed by atoms with Crippen molar-refractivity contribution in [2.24, 2.45) is 5.73 Å². The summed E-state index contributed by atoms with van der Waals surface area (Å²) in [5, 5.41) is 3.18. The maximum Gasteiger partial charge on any atom is 0.345 e. The maximum atomic E-state index is 13.4. The van der Waals surface area contributed by atoms with Crippen LogP contribution in [0.3, 0.4) is 0 Å². The molecule has 2 aliphatic rings. The number of esters is 1. The summed E-state index contributed by atoms with van der Waals surface area (Å²) in [5.41, 5.74) is 4.20. The van der Waals surface area contributed by atoms with Gasteiger partial charge in [0.05, 0.1) is 12.5 Å². The van der Waals surface area contributed by atoms with Crippen molar-refractivity contribution in [1.82, 2.24) is 0 Å². The van der Waals surface area contributed by atoms with E-state index in [1.165, 1.54) is 0 Å². The number of para-hydroxylation sites is 2. The van der Waals surface area contributed by atoms with Gasteiger partial charge in [0.15, 0.2) is 5.75 Å². The van der Waals surface area contributed by atoms with Gasteiger partial charge in [-0.1, -0.05) is 30.3 Å². The molecule has 0 bridgehead atoms. The van der Waals surface area contributed by atoms with Crippen LogP contribution < -0.4 is 21.4 Å². The van der Waals surface area contributed by atoms with Crippen molar-refractivity contribution in [3.63, 3.8) is 0 Å². The second-order valence-electron chi connectivity index (χ2n) is 6.67. The predicted octanol–water partition coefficient (Wildman–Crippen LogP) is 1.77. The molecule has 0 saturated carbocycles. The molecule has 1 aromatic heterocycles. The van der Waals surface area contributed by atoms with Gasteiger partial charge in [-0.15, -0.1) is 0 Å². The van der Waals surface area contributed by atoms with Gasteiger partial charge in [-0.2, -0.15) is 0 Å². The van der Waals surface area contributed by atoms with Crippen molar-refractivity contribution < 1.29 is 23.5 Å². The predicted molar refractivity (Wildman–Crippen MR) is 102 cm³/mol. The minimum absolute atomic E-state index is 0.0776. The molecule has 3 N–H and O–H groups in total. The number of carbonyl (C=O) groups is 2. The van der Waals surface area contributed by atoms with E-state index in [2.05, 4.69) is 5.32 Å². The molecule has 1 spiro atoms. The van der Waals surface area contributed by atoms with Gasteiger partial charge in [-0.3, -0.25) is 4.79 Å². The first-order valence-electron chi connectivity index (χ1n) is 8.73. The second kappa shape index (κ2) is 5.71. The Morgan fingerprint density at radius 3 is 2.62 bits per heavy atom. The normalized spacial score (nSPS) is 19.6. The molecule has 2 aliphatic heterocycles. The third-order valence-electron chi connectivity index (χ3n) is 5.28. The zero-order valence-corrected chi connectivity index (χ0v) is 15.1. The van der Waals surface area contributed by atoms with Crippen molar-refractivity contribution in [3.05, 3.63) is 81.5 Å². The Hall–Kier alpha value is -4.07. The Morgan fingerprint density at radius 1 is 1.10 bits per heavy atom. The molecule has 29 heavy (non-hydrogen) atoms. The molecule has 0 fully saturated rings. The number of ether oxygens (including phenoxy) is 2. The van der Waals surface area contributed by atoms with Gasteiger partial charge < -0.3 is 24.9 Å². The van der Waals surface area contributed by atoms with E-state index < -0.39 is 22.9 Å². The molecule has 8 heteroatoms. The number of methoxy groups -OCH3 is 1. The molecule has 1 unspecified atom stereocenters. The summed E-state index contributed by atoms with van der Waals surface area (Å²) in [6, 6.07) is 13.5. The molecular weight excluding hydrogens is 376 g/mol. The summed E-state index contributed by atoms with van der Waals surface area (Å²) in [5.74, 6) is -1.73. The van der Waals surface area contributed by atoms with Crippen LogP contribution >= 0.6 is 0 Å². The van der Waals surface area contributed by atoms with Gasteiger partial charge in [0.25, 0.3) is 0 Å². The van der Waals surface area contributed by atoms with Crippen LogP contribution in [0.25, 0.3) is 11.0 Å². The highest BCUT2D eigenvalue weighted by Gasteiger charge is 2.60. The van der Waals surface area contributed by atoms with Crippen molar-refractivity contribution in [2.45, 2.75) is 5.41 Å². The van der Waals surface area contributed by atoms with Crippen LogP contribution in [0, 0.1) is 0 Å². The summed E-state index contributed by atoms with van der Waals surface area (Å²) in [7, 11) is 1.16. The average molecular weight is 390 g/mol. The quantitative estimate of drug-likeness (QED) is 0.480. The summed E-state index contributed by atoms with van der Waals surface area (Å²) in [6.45, 7) is 0. The fourth-order valence-corrected chi connectivity index (χ4v) is 4.13. The van der Waals surface area contributed by atoms with E-state index in [9.17, 15) is 14.4 Å². The highest BCUT2D eigenvalue weighted by atomic mass is 16.5. The minimum atomic E-state index is -1.86. The SMILES string of the molecule is COC(=O)C1=C(N)Oc2c(c(=O)oc3ccccc23)C12C(=O)Nc1ccccc12. The zero-order valence-electron chi connectivity index (χ0n) is 15.1. The standard InChI is InChI=1S/C21H14N2O6/c1-27-18(24)15-17(22)29-16-10-6-2-5-9-13(10)28-19(25)14(16)21(15)11-7-3-4-8-12(11)23-20(21)26/h2-9H,22H2,1H3,(H,23,26). The summed E-state index contributed by atoms with van der Waals surface area (Å²) >= 11 is 0. The third kappa shape index (κ3) is 2.00. The summed E-state index contributed by atoms with van der Waals surface area (Å²) < 4.78 is 16.1. The number of rotatable bonds is 1. The number of fused-ring (bicyclic) bond motifs is 6. The number of carbonyl (C=O) groups excluding carboxylic acids is 2. The van der Waals surface area contributed by atoms with E-state index in [0.29, 0.717) is 16.6 Å². The van der Waals surface area contributed by atoms with Crippen molar-refractivity contribution >= 4 is 28.5 Å². The van der Waals surface area contributed by atoms with Gasteiger partial charge in [0.2, 0.25) is 11.8 Å².